The first kappa shape index (κ1) is 10.5. The molecule has 80 valence electrons. The fraction of sp³-hybridized carbons (Fsp3) is 0.333. The van der Waals surface area contributed by atoms with E-state index < -0.39 is 0 Å². The van der Waals surface area contributed by atoms with Gasteiger partial charge in [-0.2, -0.15) is 0 Å². The molecule has 1 aliphatic carbocycles. The first-order valence-corrected chi connectivity index (χ1v) is 5.08. The summed E-state index contributed by atoms with van der Waals surface area (Å²) in [5.41, 5.74) is 7.01. The summed E-state index contributed by atoms with van der Waals surface area (Å²) >= 11 is 0. The van der Waals surface area contributed by atoms with Gasteiger partial charge in [0.2, 0.25) is 0 Å². The largest absolute Gasteiger partial charge is 0.459 e. The standard InChI is InChI=1S/C12H13NO.ClH/c13-12(8-5-6-8)11-7-9-3-1-2-4-10(9)14-11;/h1-4,7-8,12H,5-6,13H2;1H/t12-;/m1./s1. The summed E-state index contributed by atoms with van der Waals surface area (Å²) in [7, 11) is 0. The molecule has 1 fully saturated rings. The monoisotopic (exact) mass is 223 g/mol. The summed E-state index contributed by atoms with van der Waals surface area (Å²) < 4.78 is 5.71. The molecule has 0 amide bonds. The fourth-order valence-corrected chi connectivity index (χ4v) is 1.85. The molecule has 1 saturated carbocycles. The fourth-order valence-electron chi connectivity index (χ4n) is 1.85. The summed E-state index contributed by atoms with van der Waals surface area (Å²) in [4.78, 5) is 0. The van der Waals surface area contributed by atoms with Gasteiger partial charge in [0.25, 0.3) is 0 Å². The van der Waals surface area contributed by atoms with Crippen molar-refractivity contribution in [2.24, 2.45) is 11.7 Å². The van der Waals surface area contributed by atoms with E-state index in [4.69, 9.17) is 10.2 Å². The van der Waals surface area contributed by atoms with Crippen molar-refractivity contribution in [3.63, 3.8) is 0 Å². The number of nitrogens with two attached hydrogens (primary N) is 1. The number of furan rings is 1. The van der Waals surface area contributed by atoms with Crippen molar-refractivity contribution < 1.29 is 4.42 Å². The van der Waals surface area contributed by atoms with Crippen LogP contribution in [0.5, 0.6) is 0 Å². The van der Waals surface area contributed by atoms with Crippen molar-refractivity contribution in [2.45, 2.75) is 18.9 Å². The Morgan fingerprint density at radius 3 is 2.67 bits per heavy atom. The molecule has 2 nitrogen and oxygen atoms in total. The van der Waals surface area contributed by atoms with E-state index in [9.17, 15) is 0 Å². The Bertz CT molecular complexity index is 428. The van der Waals surface area contributed by atoms with Crippen LogP contribution in [0.15, 0.2) is 34.7 Å². The molecule has 1 atom stereocenters. The van der Waals surface area contributed by atoms with Gasteiger partial charge in [-0.1, -0.05) is 18.2 Å². The highest BCUT2D eigenvalue weighted by Crippen LogP contribution is 2.40. The Balaban J connectivity index is 0.000000853. The third-order valence-corrected chi connectivity index (χ3v) is 2.90. The van der Waals surface area contributed by atoms with Gasteiger partial charge in [-0.25, -0.2) is 0 Å². The minimum atomic E-state index is 0. The maximum absolute atomic E-state index is 6.07. The lowest BCUT2D eigenvalue weighted by molar-refractivity contribution is 0.467. The van der Waals surface area contributed by atoms with Crippen LogP contribution in [0.4, 0.5) is 0 Å². The lowest BCUT2D eigenvalue weighted by Gasteiger charge is -2.04. The van der Waals surface area contributed by atoms with Crippen molar-refractivity contribution in [2.75, 3.05) is 0 Å². The quantitative estimate of drug-likeness (QED) is 0.849. The van der Waals surface area contributed by atoms with Crippen LogP contribution in [0, 0.1) is 5.92 Å². The number of fused-ring (bicyclic) bond motifs is 1. The van der Waals surface area contributed by atoms with Gasteiger partial charge in [-0.15, -0.1) is 12.4 Å². The van der Waals surface area contributed by atoms with Gasteiger partial charge in [-0.3, -0.25) is 0 Å². The van der Waals surface area contributed by atoms with Crippen molar-refractivity contribution in [3.8, 4) is 0 Å². The first-order valence-electron chi connectivity index (χ1n) is 5.08. The highest BCUT2D eigenvalue weighted by atomic mass is 35.5. The molecule has 0 unspecified atom stereocenters. The average molecular weight is 224 g/mol. The zero-order chi connectivity index (χ0) is 9.54. The molecule has 15 heavy (non-hydrogen) atoms. The van der Waals surface area contributed by atoms with E-state index in [1.807, 2.05) is 18.2 Å². The second kappa shape index (κ2) is 3.87. The Labute approximate surface area is 94.9 Å². The summed E-state index contributed by atoms with van der Waals surface area (Å²) in [5.74, 6) is 1.59. The molecule has 1 aliphatic rings. The molecule has 1 heterocycles. The van der Waals surface area contributed by atoms with E-state index in [0.29, 0.717) is 5.92 Å². The zero-order valence-corrected chi connectivity index (χ0v) is 9.17. The molecular weight excluding hydrogens is 210 g/mol. The van der Waals surface area contributed by atoms with Crippen molar-refractivity contribution in [1.29, 1.82) is 0 Å². The molecule has 1 aromatic carbocycles. The molecule has 0 spiro atoms. The van der Waals surface area contributed by atoms with Crippen molar-refractivity contribution in [1.82, 2.24) is 0 Å². The highest BCUT2D eigenvalue weighted by Gasteiger charge is 2.31. The summed E-state index contributed by atoms with van der Waals surface area (Å²) in [5, 5.41) is 1.15. The number of rotatable bonds is 2. The van der Waals surface area contributed by atoms with Crippen LogP contribution in [-0.4, -0.2) is 0 Å². The first-order chi connectivity index (χ1) is 6.84. The predicted molar refractivity (Wildman–Crippen MR) is 63.1 cm³/mol. The Morgan fingerprint density at radius 2 is 2.00 bits per heavy atom. The SMILES string of the molecule is Cl.N[C@@H](c1cc2ccccc2o1)C1CC1. The highest BCUT2D eigenvalue weighted by molar-refractivity contribution is 5.85. The van der Waals surface area contributed by atoms with Gasteiger partial charge >= 0.3 is 0 Å². The van der Waals surface area contributed by atoms with Crippen molar-refractivity contribution in [3.05, 3.63) is 36.1 Å². The van der Waals surface area contributed by atoms with Gasteiger partial charge in [0.15, 0.2) is 0 Å². The molecule has 0 saturated heterocycles. The molecule has 3 heteroatoms. The maximum atomic E-state index is 6.07. The second-order valence-electron chi connectivity index (χ2n) is 4.05. The van der Waals surface area contributed by atoms with Crippen LogP contribution in [0.2, 0.25) is 0 Å². The summed E-state index contributed by atoms with van der Waals surface area (Å²) in [6.45, 7) is 0. The number of para-hydroxylation sites is 1. The predicted octanol–water partition coefficient (Wildman–Crippen LogP) is 3.26. The van der Waals surface area contributed by atoms with E-state index in [1.165, 1.54) is 12.8 Å². The minimum Gasteiger partial charge on any atom is -0.459 e. The normalized spacial score (nSPS) is 17.4. The second-order valence-corrected chi connectivity index (χ2v) is 4.05. The van der Waals surface area contributed by atoms with Crippen LogP contribution in [0.25, 0.3) is 11.0 Å². The third-order valence-electron chi connectivity index (χ3n) is 2.90. The van der Waals surface area contributed by atoms with E-state index in [-0.39, 0.29) is 18.4 Å². The number of hydrogen-bond donors (Lipinski definition) is 1. The molecule has 2 N–H and O–H groups in total. The Morgan fingerprint density at radius 1 is 1.27 bits per heavy atom. The third kappa shape index (κ3) is 1.87. The van der Waals surface area contributed by atoms with Crippen LogP contribution >= 0.6 is 12.4 Å². The average Bonchev–Trinajstić information content (AvgIpc) is 2.95. The maximum Gasteiger partial charge on any atom is 0.134 e. The smallest absolute Gasteiger partial charge is 0.134 e. The molecule has 0 aliphatic heterocycles. The van der Waals surface area contributed by atoms with Gasteiger partial charge in [0.05, 0.1) is 6.04 Å². The van der Waals surface area contributed by atoms with E-state index in [1.54, 1.807) is 0 Å². The molecular formula is C12H14ClNO. The summed E-state index contributed by atoms with van der Waals surface area (Å²) in [6, 6.07) is 10.2. The van der Waals surface area contributed by atoms with Gasteiger partial charge < -0.3 is 10.2 Å². The van der Waals surface area contributed by atoms with Crippen LogP contribution in [0.1, 0.15) is 24.6 Å². The van der Waals surface area contributed by atoms with Gasteiger partial charge in [0, 0.05) is 5.39 Å². The lowest BCUT2D eigenvalue weighted by atomic mass is 10.1. The molecule has 3 rings (SSSR count). The van der Waals surface area contributed by atoms with E-state index in [2.05, 4.69) is 12.1 Å². The topological polar surface area (TPSA) is 39.2 Å². The van der Waals surface area contributed by atoms with E-state index >= 15 is 0 Å². The number of benzene rings is 1. The lowest BCUT2D eigenvalue weighted by Crippen LogP contribution is -2.10. The molecule has 2 aromatic rings. The van der Waals surface area contributed by atoms with Crippen LogP contribution in [-0.2, 0) is 0 Å². The minimum absolute atomic E-state index is 0. The van der Waals surface area contributed by atoms with Crippen molar-refractivity contribution >= 4 is 23.4 Å². The Hall–Kier alpha value is -0.990. The van der Waals surface area contributed by atoms with E-state index in [0.717, 1.165) is 16.7 Å². The molecule has 1 aromatic heterocycles. The zero-order valence-electron chi connectivity index (χ0n) is 8.35. The van der Waals surface area contributed by atoms with Gasteiger partial charge in [-0.05, 0) is 30.9 Å². The van der Waals surface area contributed by atoms with Crippen LogP contribution in [0.3, 0.4) is 0 Å². The number of hydrogen-bond acceptors (Lipinski definition) is 2. The molecule has 0 radical (unpaired) electrons. The summed E-state index contributed by atoms with van der Waals surface area (Å²) in [6.07, 6.45) is 2.50. The van der Waals surface area contributed by atoms with Crippen LogP contribution < -0.4 is 5.73 Å². The van der Waals surface area contributed by atoms with Gasteiger partial charge in [0.1, 0.15) is 11.3 Å². The number of halogens is 1. The Kier molecular flexibility index (Phi) is 2.72. The molecule has 0 bridgehead atoms.